The quantitative estimate of drug-likeness (QED) is 0.569. The number of benzene rings is 1. The lowest BCUT2D eigenvalue weighted by Crippen LogP contribution is -3.00. The Kier molecular flexibility index (Phi) is 3.81. The number of nitrogens with zero attached hydrogens (tertiary/aromatic N) is 2. The van der Waals surface area contributed by atoms with E-state index in [0.717, 1.165) is 11.3 Å². The summed E-state index contributed by atoms with van der Waals surface area (Å²) in [7, 11) is 0. The van der Waals surface area contributed by atoms with Crippen LogP contribution in [-0.4, -0.2) is 9.91 Å². The summed E-state index contributed by atoms with van der Waals surface area (Å²) in [4.78, 5) is 14.1. The van der Waals surface area contributed by atoms with Crippen molar-refractivity contribution in [2.45, 2.75) is 0 Å². The number of nitro groups is 1. The number of nitro benzene ring substituents is 1. The highest BCUT2D eigenvalue weighted by Gasteiger charge is 2.06. The maximum absolute atomic E-state index is 10.4. The zero-order valence-corrected chi connectivity index (χ0v) is 9.53. The van der Waals surface area contributed by atoms with Crippen LogP contribution in [0, 0.1) is 10.1 Å². The van der Waals surface area contributed by atoms with Crippen LogP contribution in [0.4, 0.5) is 10.8 Å². The minimum Gasteiger partial charge on any atom is -1.00 e. The number of hydrogen-bond donors (Lipinski definition) is 1. The van der Waals surface area contributed by atoms with Gasteiger partial charge in [-0.15, -0.1) is 11.3 Å². The summed E-state index contributed by atoms with van der Waals surface area (Å²) in [6.07, 6.45) is 0. The maximum Gasteiger partial charge on any atom is 0.269 e. The molecule has 0 fully saturated rings. The van der Waals surface area contributed by atoms with Crippen molar-refractivity contribution in [1.29, 1.82) is 0 Å². The van der Waals surface area contributed by atoms with Gasteiger partial charge in [0.25, 0.3) is 5.69 Å². The fourth-order valence-electron chi connectivity index (χ4n) is 1.17. The predicted octanol–water partition coefficient (Wildman–Crippen LogP) is -0.696. The number of aromatic nitrogens is 1. The molecule has 2 aromatic rings. The van der Waals surface area contributed by atoms with E-state index >= 15 is 0 Å². The Morgan fingerprint density at radius 1 is 1.31 bits per heavy atom. The zero-order chi connectivity index (χ0) is 10.8. The van der Waals surface area contributed by atoms with Crippen LogP contribution in [0.2, 0.25) is 0 Å². The van der Waals surface area contributed by atoms with E-state index in [4.69, 9.17) is 5.73 Å². The Hall–Kier alpha value is -1.66. The van der Waals surface area contributed by atoms with Gasteiger partial charge in [-0.1, -0.05) is 0 Å². The third-order valence-electron chi connectivity index (χ3n) is 1.90. The first kappa shape index (κ1) is 12.4. The van der Waals surface area contributed by atoms with E-state index in [1.165, 1.54) is 23.5 Å². The van der Waals surface area contributed by atoms with E-state index in [1.807, 2.05) is 5.38 Å². The third-order valence-corrected chi connectivity index (χ3v) is 2.57. The zero-order valence-electron chi connectivity index (χ0n) is 7.96. The number of non-ortho nitro benzene ring substituents is 1. The first-order chi connectivity index (χ1) is 7.16. The van der Waals surface area contributed by atoms with E-state index in [9.17, 15) is 10.1 Å². The van der Waals surface area contributed by atoms with Crippen molar-refractivity contribution in [3.63, 3.8) is 0 Å². The van der Waals surface area contributed by atoms with Crippen LogP contribution in [0.15, 0.2) is 29.6 Å². The lowest BCUT2D eigenvalue weighted by Gasteiger charge is -1.95. The molecule has 0 atom stereocenters. The van der Waals surface area contributed by atoms with Crippen LogP contribution in [0.5, 0.6) is 0 Å². The molecule has 2 rings (SSSR count). The minimum atomic E-state index is -0.431. The summed E-state index contributed by atoms with van der Waals surface area (Å²) in [6.45, 7) is 0. The van der Waals surface area contributed by atoms with Gasteiger partial charge in [0.05, 0.1) is 10.6 Å². The van der Waals surface area contributed by atoms with Crippen molar-refractivity contribution < 1.29 is 17.3 Å². The Morgan fingerprint density at radius 2 is 1.94 bits per heavy atom. The number of rotatable bonds is 2. The van der Waals surface area contributed by atoms with Gasteiger partial charge in [0.1, 0.15) is 0 Å². The highest BCUT2D eigenvalue weighted by Crippen LogP contribution is 2.24. The van der Waals surface area contributed by atoms with Gasteiger partial charge in [-0.3, -0.25) is 10.1 Å². The molecule has 1 heterocycles. The van der Waals surface area contributed by atoms with E-state index in [-0.39, 0.29) is 18.1 Å². The van der Waals surface area contributed by atoms with Gasteiger partial charge < -0.3 is 18.1 Å². The molecule has 0 unspecified atom stereocenters. The smallest absolute Gasteiger partial charge is 0.269 e. The molecule has 0 amide bonds. The minimum absolute atomic E-state index is 0. The summed E-state index contributed by atoms with van der Waals surface area (Å²) >= 11 is 1.34. The standard InChI is InChI=1S/C9H7N3O2S.ClH/c10-9-11-8(5-15-9)6-1-3-7(4-2-6)12(13)14;/h1-5H,(H2,10,11);1H/p-1. The second-order valence-electron chi connectivity index (χ2n) is 2.87. The SMILES string of the molecule is Nc1nc(-c2ccc([N+](=O)[O-])cc2)cs1.[Cl-]. The van der Waals surface area contributed by atoms with Gasteiger partial charge in [-0.05, 0) is 12.1 Å². The maximum atomic E-state index is 10.4. The number of thiazole rings is 1. The van der Waals surface area contributed by atoms with Crippen molar-refractivity contribution in [1.82, 2.24) is 4.98 Å². The van der Waals surface area contributed by atoms with Crippen LogP contribution in [0.3, 0.4) is 0 Å². The first-order valence-corrected chi connectivity index (χ1v) is 5.00. The highest BCUT2D eigenvalue weighted by atomic mass is 35.5. The molecule has 1 aromatic heterocycles. The van der Waals surface area contributed by atoms with Crippen LogP contribution in [0.1, 0.15) is 0 Å². The molecule has 0 aliphatic heterocycles. The summed E-state index contributed by atoms with van der Waals surface area (Å²) < 4.78 is 0. The fourth-order valence-corrected chi connectivity index (χ4v) is 1.75. The molecule has 0 saturated carbocycles. The molecule has 0 aliphatic carbocycles. The third kappa shape index (κ3) is 2.47. The molecule has 16 heavy (non-hydrogen) atoms. The van der Waals surface area contributed by atoms with Gasteiger partial charge in [-0.2, -0.15) is 0 Å². The lowest BCUT2D eigenvalue weighted by atomic mass is 10.1. The summed E-state index contributed by atoms with van der Waals surface area (Å²) in [5, 5.41) is 12.7. The van der Waals surface area contributed by atoms with E-state index in [2.05, 4.69) is 4.98 Å². The van der Waals surface area contributed by atoms with Crippen molar-refractivity contribution in [2.24, 2.45) is 0 Å². The molecule has 0 spiro atoms. The van der Waals surface area contributed by atoms with Crippen molar-refractivity contribution in [3.05, 3.63) is 39.8 Å². The van der Waals surface area contributed by atoms with Crippen LogP contribution in [0.25, 0.3) is 11.3 Å². The van der Waals surface area contributed by atoms with E-state index in [1.54, 1.807) is 12.1 Å². The molecular formula is C9H7ClN3O2S-. The highest BCUT2D eigenvalue weighted by molar-refractivity contribution is 7.13. The van der Waals surface area contributed by atoms with Gasteiger partial charge >= 0.3 is 0 Å². The summed E-state index contributed by atoms with van der Waals surface area (Å²) in [6, 6.07) is 6.22. The average Bonchev–Trinajstić information content (AvgIpc) is 2.65. The number of hydrogen-bond acceptors (Lipinski definition) is 5. The lowest BCUT2D eigenvalue weighted by molar-refractivity contribution is -0.384. The monoisotopic (exact) mass is 256 g/mol. The fraction of sp³-hybridized carbons (Fsp3) is 0. The molecular weight excluding hydrogens is 250 g/mol. The Balaban J connectivity index is 0.00000128. The second kappa shape index (κ2) is 4.91. The normalized spacial score (nSPS) is 9.50. The molecule has 5 nitrogen and oxygen atoms in total. The largest absolute Gasteiger partial charge is 1.00 e. The van der Waals surface area contributed by atoms with E-state index in [0.29, 0.717) is 5.13 Å². The molecule has 2 N–H and O–H groups in total. The summed E-state index contributed by atoms with van der Waals surface area (Å²) in [5.41, 5.74) is 7.13. The topological polar surface area (TPSA) is 82.0 Å². The van der Waals surface area contributed by atoms with Gasteiger partial charge in [0, 0.05) is 23.1 Å². The summed E-state index contributed by atoms with van der Waals surface area (Å²) in [5.74, 6) is 0. The van der Waals surface area contributed by atoms with Crippen LogP contribution >= 0.6 is 11.3 Å². The van der Waals surface area contributed by atoms with Gasteiger partial charge in [0.2, 0.25) is 0 Å². The number of nitrogen functional groups attached to an aromatic ring is 1. The van der Waals surface area contributed by atoms with Gasteiger partial charge in [-0.25, -0.2) is 4.98 Å². The van der Waals surface area contributed by atoms with Gasteiger partial charge in [0.15, 0.2) is 5.13 Å². The van der Waals surface area contributed by atoms with Crippen molar-refractivity contribution in [3.8, 4) is 11.3 Å². The van der Waals surface area contributed by atoms with Crippen LogP contribution in [-0.2, 0) is 0 Å². The first-order valence-electron chi connectivity index (χ1n) is 4.12. The van der Waals surface area contributed by atoms with E-state index < -0.39 is 4.92 Å². The molecule has 0 aliphatic rings. The Bertz CT molecular complexity index is 498. The molecule has 0 saturated heterocycles. The average molecular weight is 257 g/mol. The van der Waals surface area contributed by atoms with Crippen molar-refractivity contribution >= 4 is 22.2 Å². The van der Waals surface area contributed by atoms with Crippen molar-refractivity contribution in [2.75, 3.05) is 5.73 Å². The van der Waals surface area contributed by atoms with Crippen LogP contribution < -0.4 is 18.1 Å². The Labute approximate surface area is 101 Å². The molecule has 7 heteroatoms. The molecule has 0 radical (unpaired) electrons. The predicted molar refractivity (Wildman–Crippen MR) is 58.6 cm³/mol. The second-order valence-corrected chi connectivity index (χ2v) is 3.76. The Morgan fingerprint density at radius 3 is 2.38 bits per heavy atom. The number of anilines is 1. The molecule has 84 valence electrons. The molecule has 0 bridgehead atoms. The molecule has 1 aromatic carbocycles. The number of halogens is 1. The number of nitrogens with two attached hydrogens (primary N) is 1.